The molecule has 1 unspecified atom stereocenters. The van der Waals surface area contributed by atoms with Crippen molar-refractivity contribution >= 4 is 33.2 Å². The number of nitrogens with zero attached hydrogens (tertiary/aromatic N) is 1. The third kappa shape index (κ3) is 3.52. The van der Waals surface area contributed by atoms with Crippen LogP contribution in [-0.2, 0) is 10.2 Å². The average Bonchev–Trinajstić information content (AvgIpc) is 2.33. The Labute approximate surface area is 118 Å². The van der Waals surface area contributed by atoms with E-state index in [2.05, 4.69) is 11.6 Å². The van der Waals surface area contributed by atoms with Crippen LogP contribution in [0.4, 0.5) is 11.4 Å². The number of piperidine rings is 1. The Morgan fingerprint density at radius 1 is 1.47 bits per heavy atom. The zero-order chi connectivity index (χ0) is 14.0. The number of rotatable bonds is 3. The van der Waals surface area contributed by atoms with Crippen LogP contribution in [0.3, 0.4) is 0 Å². The summed E-state index contributed by atoms with van der Waals surface area (Å²) in [5, 5.41) is 0.479. The molecule has 1 fully saturated rings. The smallest absolute Gasteiger partial charge is 0.301 e. The van der Waals surface area contributed by atoms with Gasteiger partial charge in [0.1, 0.15) is 0 Å². The van der Waals surface area contributed by atoms with Crippen LogP contribution in [0.5, 0.6) is 0 Å². The minimum absolute atomic E-state index is 0.320. The maximum absolute atomic E-state index is 12.3. The number of hydrogen-bond donors (Lipinski definition) is 2. The molecule has 3 N–H and O–H groups in total. The number of halogens is 1. The van der Waals surface area contributed by atoms with Crippen LogP contribution in [0.15, 0.2) is 18.2 Å². The quantitative estimate of drug-likeness (QED) is 0.841. The SMILES string of the molecule is CC1CCCN(S(=O)(=O)Nc2ccc(Cl)cc2N)C1. The Morgan fingerprint density at radius 2 is 2.21 bits per heavy atom. The third-order valence-corrected chi connectivity index (χ3v) is 4.94. The monoisotopic (exact) mass is 303 g/mol. The Hall–Kier alpha value is -0.980. The van der Waals surface area contributed by atoms with Gasteiger partial charge >= 0.3 is 10.2 Å². The molecule has 106 valence electrons. The molecule has 0 spiro atoms. The second kappa shape index (κ2) is 5.56. The second-order valence-electron chi connectivity index (χ2n) is 4.94. The molecule has 5 nitrogen and oxygen atoms in total. The highest BCUT2D eigenvalue weighted by atomic mass is 35.5. The molecule has 0 bridgehead atoms. The average molecular weight is 304 g/mol. The normalized spacial score (nSPS) is 21.3. The molecule has 0 saturated carbocycles. The largest absolute Gasteiger partial charge is 0.397 e. The minimum Gasteiger partial charge on any atom is -0.397 e. The maximum atomic E-state index is 12.3. The molecule has 1 heterocycles. The van der Waals surface area contributed by atoms with Gasteiger partial charge in [-0.1, -0.05) is 18.5 Å². The van der Waals surface area contributed by atoms with Gasteiger partial charge in [-0.05, 0) is 37.0 Å². The lowest BCUT2D eigenvalue weighted by Gasteiger charge is -2.30. The minimum atomic E-state index is -3.54. The fourth-order valence-corrected chi connectivity index (χ4v) is 3.79. The van der Waals surface area contributed by atoms with Crippen molar-refractivity contribution in [1.82, 2.24) is 4.31 Å². The number of hydrogen-bond acceptors (Lipinski definition) is 3. The Balaban J connectivity index is 2.16. The summed E-state index contributed by atoms with van der Waals surface area (Å²) >= 11 is 5.79. The lowest BCUT2D eigenvalue weighted by molar-refractivity contribution is 0.282. The van der Waals surface area contributed by atoms with Gasteiger partial charge in [0.15, 0.2) is 0 Å². The summed E-state index contributed by atoms with van der Waals surface area (Å²) < 4.78 is 28.5. The molecule has 1 aromatic carbocycles. The van der Waals surface area contributed by atoms with Crippen molar-refractivity contribution in [3.63, 3.8) is 0 Å². The molecule has 0 aliphatic carbocycles. The van der Waals surface area contributed by atoms with E-state index >= 15 is 0 Å². The van der Waals surface area contributed by atoms with Gasteiger partial charge in [0.2, 0.25) is 0 Å². The molecular formula is C12H18ClN3O2S. The Bertz CT molecular complexity index is 562. The third-order valence-electron chi connectivity index (χ3n) is 3.21. The van der Waals surface area contributed by atoms with Crippen LogP contribution in [0.1, 0.15) is 19.8 Å². The lowest BCUT2D eigenvalue weighted by Crippen LogP contribution is -2.42. The lowest BCUT2D eigenvalue weighted by atomic mass is 10.0. The molecular weight excluding hydrogens is 286 g/mol. The van der Waals surface area contributed by atoms with Crippen LogP contribution in [0.25, 0.3) is 0 Å². The predicted octanol–water partition coefficient (Wildman–Crippen LogP) is 2.31. The van der Waals surface area contributed by atoms with Gasteiger partial charge < -0.3 is 5.73 Å². The van der Waals surface area contributed by atoms with Gasteiger partial charge in [-0.25, -0.2) is 0 Å². The van der Waals surface area contributed by atoms with Crippen molar-refractivity contribution in [2.75, 3.05) is 23.5 Å². The van der Waals surface area contributed by atoms with Crippen LogP contribution < -0.4 is 10.5 Å². The van der Waals surface area contributed by atoms with Crippen molar-refractivity contribution < 1.29 is 8.42 Å². The molecule has 1 aliphatic rings. The molecule has 1 atom stereocenters. The van der Waals surface area contributed by atoms with E-state index in [1.165, 1.54) is 10.4 Å². The van der Waals surface area contributed by atoms with Crippen LogP contribution in [0, 0.1) is 5.92 Å². The van der Waals surface area contributed by atoms with Gasteiger partial charge in [0.05, 0.1) is 11.4 Å². The summed E-state index contributed by atoms with van der Waals surface area (Å²) in [5.74, 6) is 0.382. The fraction of sp³-hybridized carbons (Fsp3) is 0.500. The molecule has 7 heteroatoms. The molecule has 2 rings (SSSR count). The summed E-state index contributed by atoms with van der Waals surface area (Å²) in [6.07, 6.45) is 1.95. The van der Waals surface area contributed by atoms with Crippen LogP contribution in [-0.4, -0.2) is 25.8 Å². The number of nitrogens with one attached hydrogen (secondary N) is 1. The highest BCUT2D eigenvalue weighted by molar-refractivity contribution is 7.90. The molecule has 0 amide bonds. The molecule has 1 aromatic rings. The zero-order valence-electron chi connectivity index (χ0n) is 10.8. The summed E-state index contributed by atoms with van der Waals surface area (Å²) in [6, 6.07) is 4.70. The number of benzene rings is 1. The van der Waals surface area contributed by atoms with Gasteiger partial charge in [0.25, 0.3) is 0 Å². The van der Waals surface area contributed by atoms with E-state index in [0.29, 0.717) is 35.4 Å². The van der Waals surface area contributed by atoms with E-state index in [1.807, 2.05) is 0 Å². The molecule has 1 saturated heterocycles. The van der Waals surface area contributed by atoms with E-state index in [0.717, 1.165) is 12.8 Å². The zero-order valence-corrected chi connectivity index (χ0v) is 12.3. The number of nitrogen functional groups attached to an aromatic ring is 1. The predicted molar refractivity (Wildman–Crippen MR) is 78.4 cm³/mol. The molecule has 0 radical (unpaired) electrons. The van der Waals surface area contributed by atoms with Crippen molar-refractivity contribution in [2.45, 2.75) is 19.8 Å². The number of anilines is 2. The van der Waals surface area contributed by atoms with Crippen molar-refractivity contribution in [3.8, 4) is 0 Å². The van der Waals surface area contributed by atoms with Crippen molar-refractivity contribution in [1.29, 1.82) is 0 Å². The van der Waals surface area contributed by atoms with E-state index in [4.69, 9.17) is 17.3 Å². The van der Waals surface area contributed by atoms with Crippen molar-refractivity contribution in [2.24, 2.45) is 5.92 Å². The fourth-order valence-electron chi connectivity index (χ4n) is 2.19. The summed E-state index contributed by atoms with van der Waals surface area (Å²) in [4.78, 5) is 0. The molecule has 19 heavy (non-hydrogen) atoms. The summed E-state index contributed by atoms with van der Waals surface area (Å²) in [7, 11) is -3.54. The van der Waals surface area contributed by atoms with Gasteiger partial charge in [-0.15, -0.1) is 0 Å². The standard InChI is InChI=1S/C12H18ClN3O2S/c1-9-3-2-6-16(8-9)19(17,18)15-12-5-4-10(13)7-11(12)14/h4-5,7,9,15H,2-3,6,8,14H2,1H3. The van der Waals surface area contributed by atoms with E-state index in [-0.39, 0.29) is 0 Å². The van der Waals surface area contributed by atoms with E-state index < -0.39 is 10.2 Å². The maximum Gasteiger partial charge on any atom is 0.301 e. The summed E-state index contributed by atoms with van der Waals surface area (Å²) in [6.45, 7) is 3.15. The highest BCUT2D eigenvalue weighted by Gasteiger charge is 2.27. The first-order valence-corrected chi connectivity index (χ1v) is 8.03. The van der Waals surface area contributed by atoms with Crippen LogP contribution in [0.2, 0.25) is 5.02 Å². The first-order valence-electron chi connectivity index (χ1n) is 6.21. The van der Waals surface area contributed by atoms with Gasteiger partial charge in [-0.2, -0.15) is 12.7 Å². The first-order chi connectivity index (χ1) is 8.88. The molecule has 0 aromatic heterocycles. The highest BCUT2D eigenvalue weighted by Crippen LogP contribution is 2.25. The second-order valence-corrected chi connectivity index (χ2v) is 7.05. The Morgan fingerprint density at radius 3 is 2.84 bits per heavy atom. The first kappa shape index (κ1) is 14.4. The van der Waals surface area contributed by atoms with Gasteiger partial charge in [0, 0.05) is 18.1 Å². The number of nitrogens with two attached hydrogens (primary N) is 1. The Kier molecular flexibility index (Phi) is 4.23. The van der Waals surface area contributed by atoms with Crippen LogP contribution >= 0.6 is 11.6 Å². The topological polar surface area (TPSA) is 75.4 Å². The van der Waals surface area contributed by atoms with Gasteiger partial charge in [-0.3, -0.25) is 4.72 Å². The molecule has 1 aliphatic heterocycles. The van der Waals surface area contributed by atoms with E-state index in [9.17, 15) is 8.42 Å². The van der Waals surface area contributed by atoms with E-state index in [1.54, 1.807) is 12.1 Å². The summed E-state index contributed by atoms with van der Waals surface area (Å²) in [5.41, 5.74) is 6.44. The van der Waals surface area contributed by atoms with Crippen molar-refractivity contribution in [3.05, 3.63) is 23.2 Å².